The van der Waals surface area contributed by atoms with Gasteiger partial charge in [0.1, 0.15) is 10.6 Å². The molecule has 0 unspecified atom stereocenters. The lowest BCUT2D eigenvalue weighted by Gasteiger charge is -2.10. The van der Waals surface area contributed by atoms with Crippen LogP contribution in [0.1, 0.15) is 13.8 Å². The molecule has 90 valence electrons. The van der Waals surface area contributed by atoms with Crippen LogP contribution in [0, 0.1) is 0 Å². The summed E-state index contributed by atoms with van der Waals surface area (Å²) in [5.41, 5.74) is 5.57. The van der Waals surface area contributed by atoms with Crippen molar-refractivity contribution in [1.82, 2.24) is 5.32 Å². The number of ether oxygens (including phenoxy) is 2. The van der Waals surface area contributed by atoms with Crippen molar-refractivity contribution in [3.05, 3.63) is 11.3 Å². The molecule has 6 nitrogen and oxygen atoms in total. The van der Waals surface area contributed by atoms with Gasteiger partial charge in [-0.25, -0.2) is 9.59 Å². The van der Waals surface area contributed by atoms with E-state index in [1.165, 1.54) is 14.0 Å². The van der Waals surface area contributed by atoms with E-state index < -0.39 is 12.1 Å². The largest absolute Gasteiger partial charge is 0.465 e. The van der Waals surface area contributed by atoms with Crippen molar-refractivity contribution >= 4 is 29.3 Å². The van der Waals surface area contributed by atoms with Gasteiger partial charge in [0.25, 0.3) is 0 Å². The molecule has 0 aromatic heterocycles. The van der Waals surface area contributed by atoms with Gasteiger partial charge in [-0.05, 0) is 13.8 Å². The summed E-state index contributed by atoms with van der Waals surface area (Å²) in [4.78, 5) is 22.2. The number of hydrogen-bond acceptors (Lipinski definition) is 6. The van der Waals surface area contributed by atoms with Gasteiger partial charge >= 0.3 is 12.1 Å². The maximum absolute atomic E-state index is 11.3. The highest BCUT2D eigenvalue weighted by Gasteiger charge is 2.19. The van der Waals surface area contributed by atoms with E-state index in [1.54, 1.807) is 6.92 Å². The number of nitrogens with two attached hydrogens (primary N) is 1. The van der Waals surface area contributed by atoms with E-state index in [-0.39, 0.29) is 22.9 Å². The SMILES string of the molecule is CCOC(=O)NC(=S)C(C(=O)OC)=C(C)N. The highest BCUT2D eigenvalue weighted by atomic mass is 32.1. The number of alkyl carbamates (subject to hydrolysis) is 1. The van der Waals surface area contributed by atoms with E-state index in [0.717, 1.165) is 0 Å². The normalized spacial score (nSPS) is 11.2. The summed E-state index contributed by atoms with van der Waals surface area (Å²) in [6.07, 6.45) is -0.741. The van der Waals surface area contributed by atoms with Gasteiger partial charge < -0.3 is 15.2 Å². The first kappa shape index (κ1) is 14.4. The van der Waals surface area contributed by atoms with E-state index in [0.29, 0.717) is 0 Å². The molecule has 1 amide bonds. The molecule has 7 heteroatoms. The second kappa shape index (κ2) is 6.78. The van der Waals surface area contributed by atoms with Crippen LogP contribution in [0.3, 0.4) is 0 Å². The Balaban J connectivity index is 4.74. The topological polar surface area (TPSA) is 90.6 Å². The lowest BCUT2D eigenvalue weighted by molar-refractivity contribution is -0.135. The van der Waals surface area contributed by atoms with E-state index in [9.17, 15) is 9.59 Å². The molecule has 0 rings (SSSR count). The summed E-state index contributed by atoms with van der Waals surface area (Å²) in [5.74, 6) is -0.707. The maximum atomic E-state index is 11.3. The summed E-state index contributed by atoms with van der Waals surface area (Å²) >= 11 is 4.83. The predicted molar refractivity (Wildman–Crippen MR) is 61.7 cm³/mol. The Morgan fingerprint density at radius 2 is 2.00 bits per heavy atom. The van der Waals surface area contributed by atoms with E-state index in [1.807, 2.05) is 0 Å². The number of carbonyl (C=O) groups is 2. The first-order valence-corrected chi connectivity index (χ1v) is 4.87. The minimum atomic E-state index is -0.741. The highest BCUT2D eigenvalue weighted by Crippen LogP contribution is 2.03. The van der Waals surface area contributed by atoms with Crippen LogP contribution in [0.5, 0.6) is 0 Å². The third-order valence-corrected chi connectivity index (χ3v) is 1.81. The second-order valence-electron chi connectivity index (χ2n) is 2.72. The molecule has 16 heavy (non-hydrogen) atoms. The molecule has 0 fully saturated rings. The summed E-state index contributed by atoms with van der Waals surface area (Å²) in [7, 11) is 1.19. The minimum absolute atomic E-state index is 0.0504. The molecular formula is C9H14N2O4S. The van der Waals surface area contributed by atoms with Gasteiger partial charge in [0, 0.05) is 5.70 Å². The number of methoxy groups -OCH3 is 1. The van der Waals surface area contributed by atoms with Gasteiger partial charge in [-0.2, -0.15) is 0 Å². The molecule has 0 atom stereocenters. The second-order valence-corrected chi connectivity index (χ2v) is 3.13. The average Bonchev–Trinajstić information content (AvgIpc) is 2.17. The zero-order chi connectivity index (χ0) is 12.7. The molecule has 0 bridgehead atoms. The van der Waals surface area contributed by atoms with Crippen molar-refractivity contribution in [2.24, 2.45) is 5.73 Å². The number of rotatable bonds is 3. The maximum Gasteiger partial charge on any atom is 0.412 e. The van der Waals surface area contributed by atoms with Crippen LogP contribution in [0.2, 0.25) is 0 Å². The molecule has 0 aliphatic heterocycles. The molecule has 0 spiro atoms. The fourth-order valence-corrected chi connectivity index (χ4v) is 1.18. The summed E-state index contributed by atoms with van der Waals surface area (Å²) in [5, 5.41) is 2.21. The molecule has 0 saturated heterocycles. The van der Waals surface area contributed by atoms with Crippen LogP contribution in [-0.2, 0) is 14.3 Å². The summed E-state index contributed by atoms with van der Waals surface area (Å²) in [6, 6.07) is 0. The van der Waals surface area contributed by atoms with Gasteiger partial charge in [-0.15, -0.1) is 0 Å². The van der Waals surface area contributed by atoms with Gasteiger partial charge in [0.2, 0.25) is 0 Å². The molecule has 3 N–H and O–H groups in total. The molecule has 0 radical (unpaired) electrons. The Labute approximate surface area is 98.8 Å². The molecule has 0 aromatic carbocycles. The average molecular weight is 246 g/mol. The quantitative estimate of drug-likeness (QED) is 0.427. The van der Waals surface area contributed by atoms with Crippen LogP contribution in [0.4, 0.5) is 4.79 Å². The van der Waals surface area contributed by atoms with Crippen molar-refractivity contribution in [3.8, 4) is 0 Å². The monoisotopic (exact) mass is 246 g/mol. The van der Waals surface area contributed by atoms with E-state index >= 15 is 0 Å². The number of hydrogen-bond donors (Lipinski definition) is 2. The standard InChI is InChI=1S/C9H14N2O4S/c1-4-15-9(13)11-7(16)6(5(2)10)8(12)14-3/h4,10H2,1-3H3,(H,11,13,16). The molecular weight excluding hydrogens is 232 g/mol. The molecule has 0 aliphatic rings. The van der Waals surface area contributed by atoms with Crippen LogP contribution >= 0.6 is 12.2 Å². The highest BCUT2D eigenvalue weighted by molar-refractivity contribution is 7.80. The lowest BCUT2D eigenvalue weighted by atomic mass is 10.2. The number of esters is 1. The van der Waals surface area contributed by atoms with Crippen molar-refractivity contribution in [2.45, 2.75) is 13.8 Å². The lowest BCUT2D eigenvalue weighted by Crippen LogP contribution is -2.34. The molecule has 0 saturated carbocycles. The third-order valence-electron chi connectivity index (χ3n) is 1.50. The zero-order valence-electron chi connectivity index (χ0n) is 9.33. The minimum Gasteiger partial charge on any atom is -0.465 e. The smallest absolute Gasteiger partial charge is 0.412 e. The van der Waals surface area contributed by atoms with Crippen LogP contribution < -0.4 is 11.1 Å². The van der Waals surface area contributed by atoms with Crippen LogP contribution in [-0.4, -0.2) is 30.8 Å². The van der Waals surface area contributed by atoms with Gasteiger partial charge in [-0.3, -0.25) is 5.32 Å². The summed E-state index contributed by atoms with van der Waals surface area (Å²) in [6.45, 7) is 3.33. The Kier molecular flexibility index (Phi) is 6.09. The van der Waals surface area contributed by atoms with Crippen molar-refractivity contribution < 1.29 is 19.1 Å². The number of thiocarbonyl (C=S) groups is 1. The van der Waals surface area contributed by atoms with Crippen molar-refractivity contribution in [1.29, 1.82) is 0 Å². The Bertz CT molecular complexity index is 334. The third kappa shape index (κ3) is 4.26. The van der Waals surface area contributed by atoms with Gasteiger partial charge in [-0.1, -0.05) is 12.2 Å². The predicted octanol–water partition coefficient (Wildman–Crippen LogP) is 0.466. The Morgan fingerprint density at radius 1 is 1.44 bits per heavy atom. The first-order valence-electron chi connectivity index (χ1n) is 4.46. The fourth-order valence-electron chi connectivity index (χ4n) is 0.857. The van der Waals surface area contributed by atoms with Crippen LogP contribution in [0.25, 0.3) is 0 Å². The number of nitrogens with one attached hydrogen (secondary N) is 1. The Hall–Kier alpha value is -1.63. The fraction of sp³-hybridized carbons (Fsp3) is 0.444. The number of amides is 1. The molecule has 0 aromatic rings. The molecule has 0 aliphatic carbocycles. The van der Waals surface area contributed by atoms with Gasteiger partial charge in [0.05, 0.1) is 13.7 Å². The number of carbonyl (C=O) groups excluding carboxylic acids is 2. The van der Waals surface area contributed by atoms with Gasteiger partial charge in [0.15, 0.2) is 0 Å². The van der Waals surface area contributed by atoms with E-state index in [4.69, 9.17) is 18.0 Å². The first-order chi connectivity index (χ1) is 7.43. The zero-order valence-corrected chi connectivity index (χ0v) is 10.1. The van der Waals surface area contributed by atoms with Crippen LogP contribution in [0.15, 0.2) is 11.3 Å². The van der Waals surface area contributed by atoms with Crippen molar-refractivity contribution in [3.63, 3.8) is 0 Å². The summed E-state index contributed by atoms with van der Waals surface area (Å²) < 4.78 is 9.08. The number of allylic oxidation sites excluding steroid dienone is 1. The Morgan fingerprint density at radius 3 is 2.38 bits per heavy atom. The molecule has 0 heterocycles. The van der Waals surface area contributed by atoms with Crippen molar-refractivity contribution in [2.75, 3.05) is 13.7 Å². The van der Waals surface area contributed by atoms with E-state index in [2.05, 4.69) is 14.8 Å².